The molecule has 1 aliphatic rings. The van der Waals surface area contributed by atoms with Crippen LogP contribution >= 0.6 is 0 Å². The van der Waals surface area contributed by atoms with Crippen LogP contribution in [0.25, 0.3) is 5.57 Å². The molecule has 0 aliphatic carbocycles. The van der Waals surface area contributed by atoms with Crippen molar-refractivity contribution in [1.82, 2.24) is 10.6 Å². The first-order valence-corrected chi connectivity index (χ1v) is 10.6. The second kappa shape index (κ2) is 10.9. The van der Waals surface area contributed by atoms with Crippen molar-refractivity contribution < 1.29 is 18.7 Å². The van der Waals surface area contributed by atoms with Gasteiger partial charge in [0.25, 0.3) is 11.8 Å². The Balaban J connectivity index is 1.77. The van der Waals surface area contributed by atoms with Crippen LogP contribution in [0.15, 0.2) is 48.5 Å². The van der Waals surface area contributed by atoms with Crippen molar-refractivity contribution in [1.29, 1.82) is 0 Å². The van der Waals surface area contributed by atoms with Crippen molar-refractivity contribution in [3.05, 3.63) is 76.6 Å². The van der Waals surface area contributed by atoms with Gasteiger partial charge in [-0.05, 0) is 61.9 Å². The minimum atomic E-state index is -0.400. The molecule has 0 aromatic heterocycles. The van der Waals surface area contributed by atoms with E-state index in [-0.39, 0.29) is 17.9 Å². The van der Waals surface area contributed by atoms with Crippen LogP contribution < -0.4 is 10.6 Å². The molecule has 2 amide bonds. The summed E-state index contributed by atoms with van der Waals surface area (Å²) in [5.74, 6) is -0.785. The number of hydrogen-bond donors (Lipinski definition) is 2. The SMILES string of the molecule is CNC(=O)c1ccc(CC/C=C(/C(=O)NC2CCOCC2)c2c(C)cccc2F)cc1. The molecule has 0 unspecified atom stereocenters. The Morgan fingerprint density at radius 2 is 1.84 bits per heavy atom. The van der Waals surface area contributed by atoms with Gasteiger partial charge in [-0.1, -0.05) is 30.3 Å². The smallest absolute Gasteiger partial charge is 0.251 e. The molecule has 2 aromatic carbocycles. The Morgan fingerprint density at radius 1 is 1.13 bits per heavy atom. The molecule has 0 radical (unpaired) electrons. The molecule has 1 saturated heterocycles. The predicted molar refractivity (Wildman–Crippen MR) is 119 cm³/mol. The van der Waals surface area contributed by atoms with Gasteiger partial charge in [-0.15, -0.1) is 0 Å². The molecule has 6 heteroatoms. The molecule has 2 aromatic rings. The number of carbonyl (C=O) groups is 2. The van der Waals surface area contributed by atoms with Gasteiger partial charge in [-0.25, -0.2) is 4.39 Å². The highest BCUT2D eigenvalue weighted by Gasteiger charge is 2.22. The van der Waals surface area contributed by atoms with Crippen LogP contribution in [-0.2, 0) is 16.0 Å². The molecule has 0 atom stereocenters. The summed E-state index contributed by atoms with van der Waals surface area (Å²) in [6.07, 6.45) is 4.58. The van der Waals surface area contributed by atoms with E-state index in [0.29, 0.717) is 42.8 Å². The monoisotopic (exact) mass is 424 g/mol. The van der Waals surface area contributed by atoms with Crippen LogP contribution in [-0.4, -0.2) is 38.1 Å². The van der Waals surface area contributed by atoms with Crippen LogP contribution in [0.4, 0.5) is 4.39 Å². The molecule has 1 heterocycles. The summed E-state index contributed by atoms with van der Waals surface area (Å²) in [5.41, 5.74) is 3.08. The summed E-state index contributed by atoms with van der Waals surface area (Å²) in [6, 6.07) is 12.2. The largest absolute Gasteiger partial charge is 0.381 e. The molecular formula is C25H29FN2O3. The van der Waals surface area contributed by atoms with Gasteiger partial charge in [-0.3, -0.25) is 9.59 Å². The summed E-state index contributed by atoms with van der Waals surface area (Å²) in [6.45, 7) is 3.05. The first-order valence-electron chi connectivity index (χ1n) is 10.6. The highest BCUT2D eigenvalue weighted by molar-refractivity contribution is 6.20. The van der Waals surface area contributed by atoms with Crippen molar-refractivity contribution in [2.45, 2.75) is 38.6 Å². The molecule has 31 heavy (non-hydrogen) atoms. The number of hydrogen-bond acceptors (Lipinski definition) is 3. The van der Waals surface area contributed by atoms with Crippen molar-refractivity contribution in [3.63, 3.8) is 0 Å². The summed E-state index contributed by atoms with van der Waals surface area (Å²) in [5, 5.41) is 5.65. The van der Waals surface area contributed by atoms with E-state index in [1.807, 2.05) is 31.2 Å². The zero-order valence-electron chi connectivity index (χ0n) is 18.0. The molecule has 1 fully saturated rings. The van der Waals surface area contributed by atoms with Gasteiger partial charge in [0, 0.05) is 43.0 Å². The number of allylic oxidation sites excluding steroid dienone is 1. The average Bonchev–Trinajstić information content (AvgIpc) is 2.78. The lowest BCUT2D eigenvalue weighted by Crippen LogP contribution is -2.39. The Morgan fingerprint density at radius 3 is 2.48 bits per heavy atom. The van der Waals surface area contributed by atoms with E-state index in [1.54, 1.807) is 25.2 Å². The predicted octanol–water partition coefficient (Wildman–Crippen LogP) is 3.81. The topological polar surface area (TPSA) is 67.4 Å². The zero-order chi connectivity index (χ0) is 22.2. The Labute approximate surface area is 182 Å². The first kappa shape index (κ1) is 22.7. The molecule has 3 rings (SSSR count). The molecule has 0 saturated carbocycles. The number of ether oxygens (including phenoxy) is 1. The second-order valence-electron chi connectivity index (χ2n) is 7.72. The molecule has 0 bridgehead atoms. The van der Waals surface area contributed by atoms with Gasteiger partial charge in [0.15, 0.2) is 0 Å². The summed E-state index contributed by atoms with van der Waals surface area (Å²) in [7, 11) is 1.60. The third-order valence-electron chi connectivity index (χ3n) is 5.52. The van der Waals surface area contributed by atoms with E-state index in [0.717, 1.165) is 24.0 Å². The fourth-order valence-corrected chi connectivity index (χ4v) is 3.74. The second-order valence-corrected chi connectivity index (χ2v) is 7.72. The third-order valence-corrected chi connectivity index (χ3v) is 5.52. The molecule has 1 aliphatic heterocycles. The third kappa shape index (κ3) is 6.01. The lowest BCUT2D eigenvalue weighted by Gasteiger charge is -2.24. The minimum Gasteiger partial charge on any atom is -0.381 e. The Bertz CT molecular complexity index is 927. The molecule has 2 N–H and O–H groups in total. The Hall–Kier alpha value is -2.99. The zero-order valence-corrected chi connectivity index (χ0v) is 18.0. The van der Waals surface area contributed by atoms with Gasteiger partial charge in [0.05, 0.1) is 0 Å². The van der Waals surface area contributed by atoms with Crippen LogP contribution in [0.5, 0.6) is 0 Å². The summed E-state index contributed by atoms with van der Waals surface area (Å²) < 4.78 is 20.0. The van der Waals surface area contributed by atoms with Crippen molar-refractivity contribution in [2.75, 3.05) is 20.3 Å². The van der Waals surface area contributed by atoms with Gasteiger partial charge in [0.1, 0.15) is 5.82 Å². The number of rotatable bonds is 7. The highest BCUT2D eigenvalue weighted by Crippen LogP contribution is 2.24. The van der Waals surface area contributed by atoms with E-state index in [4.69, 9.17) is 4.74 Å². The van der Waals surface area contributed by atoms with E-state index in [1.165, 1.54) is 6.07 Å². The normalized spacial score (nSPS) is 14.9. The Kier molecular flexibility index (Phi) is 7.95. The van der Waals surface area contributed by atoms with Gasteiger partial charge in [0.2, 0.25) is 0 Å². The van der Waals surface area contributed by atoms with E-state index in [9.17, 15) is 14.0 Å². The number of benzene rings is 2. The van der Waals surface area contributed by atoms with Gasteiger partial charge in [-0.2, -0.15) is 0 Å². The fourth-order valence-electron chi connectivity index (χ4n) is 3.74. The summed E-state index contributed by atoms with van der Waals surface area (Å²) in [4.78, 5) is 24.8. The van der Waals surface area contributed by atoms with Crippen LogP contribution in [0.3, 0.4) is 0 Å². The maximum Gasteiger partial charge on any atom is 0.251 e. The highest BCUT2D eigenvalue weighted by atomic mass is 19.1. The lowest BCUT2D eigenvalue weighted by molar-refractivity contribution is -0.116. The van der Waals surface area contributed by atoms with E-state index < -0.39 is 5.82 Å². The maximum atomic E-state index is 14.7. The fraction of sp³-hybridized carbons (Fsp3) is 0.360. The quantitative estimate of drug-likeness (QED) is 0.665. The maximum absolute atomic E-state index is 14.7. The average molecular weight is 425 g/mol. The first-order chi connectivity index (χ1) is 15.0. The van der Waals surface area contributed by atoms with Gasteiger partial charge >= 0.3 is 0 Å². The van der Waals surface area contributed by atoms with Crippen molar-refractivity contribution in [3.8, 4) is 0 Å². The number of aryl methyl sites for hydroxylation is 2. The number of nitrogens with one attached hydrogen (secondary N) is 2. The van der Waals surface area contributed by atoms with Crippen LogP contribution in [0, 0.1) is 12.7 Å². The van der Waals surface area contributed by atoms with Crippen molar-refractivity contribution >= 4 is 17.4 Å². The molecule has 0 spiro atoms. The van der Waals surface area contributed by atoms with E-state index >= 15 is 0 Å². The standard InChI is InChI=1S/C25H29FN2O3/c1-17-5-3-8-22(26)23(17)21(25(30)28-20-13-15-31-16-14-20)7-4-6-18-9-11-19(12-10-18)24(29)27-2/h3,5,7-12,20H,4,6,13-16H2,1-2H3,(H,27,29)(H,28,30)/b21-7+. The van der Waals surface area contributed by atoms with Crippen LogP contribution in [0.2, 0.25) is 0 Å². The molecule has 5 nitrogen and oxygen atoms in total. The molecule has 164 valence electrons. The van der Waals surface area contributed by atoms with Crippen molar-refractivity contribution in [2.24, 2.45) is 0 Å². The van der Waals surface area contributed by atoms with Gasteiger partial charge < -0.3 is 15.4 Å². The van der Waals surface area contributed by atoms with E-state index in [2.05, 4.69) is 10.6 Å². The number of halogens is 1. The number of amides is 2. The number of carbonyl (C=O) groups excluding carboxylic acids is 2. The van der Waals surface area contributed by atoms with Crippen LogP contribution in [0.1, 0.15) is 46.3 Å². The molecular weight excluding hydrogens is 395 g/mol. The summed E-state index contributed by atoms with van der Waals surface area (Å²) >= 11 is 0. The minimum absolute atomic E-state index is 0.0361. The lowest BCUT2D eigenvalue weighted by atomic mass is 9.96.